The minimum absolute atomic E-state index is 0.0390. The fourth-order valence-electron chi connectivity index (χ4n) is 3.74. The number of ketones is 2. The third-order valence-corrected chi connectivity index (χ3v) is 5.23. The standard InChI is InChI=1S/C21H19ClN2O2/c22-14-7-6-8-15(13-14)23-18-19(24-11-4-1-5-12-24)21(26)17-10-3-2-9-16(17)20(18)25/h2-3,6-10,13,19H,1,4-5,11-12H2. The first-order chi connectivity index (χ1) is 12.6. The van der Waals surface area contributed by atoms with Crippen molar-refractivity contribution in [3.63, 3.8) is 0 Å². The fourth-order valence-corrected chi connectivity index (χ4v) is 3.93. The maximum absolute atomic E-state index is 13.2. The average molecular weight is 367 g/mol. The Morgan fingerprint density at radius 2 is 1.65 bits per heavy atom. The summed E-state index contributed by atoms with van der Waals surface area (Å²) in [5, 5.41) is 0.552. The van der Waals surface area contributed by atoms with Gasteiger partial charge in [-0.1, -0.05) is 48.4 Å². The molecule has 132 valence electrons. The molecule has 0 N–H and O–H groups in total. The Labute approximate surface area is 157 Å². The molecule has 0 radical (unpaired) electrons. The summed E-state index contributed by atoms with van der Waals surface area (Å²) in [5.74, 6) is -0.210. The Hall–Kier alpha value is -2.30. The summed E-state index contributed by atoms with van der Waals surface area (Å²) in [6.45, 7) is 1.61. The fraction of sp³-hybridized carbons (Fsp3) is 0.286. The minimum Gasteiger partial charge on any atom is -0.292 e. The number of carbonyl (C=O) groups excluding carboxylic acids is 2. The van der Waals surface area contributed by atoms with E-state index in [9.17, 15) is 9.59 Å². The van der Waals surface area contributed by atoms with E-state index in [-0.39, 0.29) is 11.6 Å². The SMILES string of the molecule is O=C1C(=Nc2cccc(Cl)c2)C(N2CCCCC2)C(=O)c2ccccc21. The van der Waals surface area contributed by atoms with E-state index < -0.39 is 6.04 Å². The van der Waals surface area contributed by atoms with Gasteiger partial charge in [0.05, 0.1) is 5.69 Å². The number of carbonyl (C=O) groups is 2. The van der Waals surface area contributed by atoms with E-state index in [0.29, 0.717) is 27.5 Å². The van der Waals surface area contributed by atoms with E-state index in [1.807, 2.05) is 0 Å². The lowest BCUT2D eigenvalue weighted by atomic mass is 9.83. The van der Waals surface area contributed by atoms with Crippen molar-refractivity contribution in [2.75, 3.05) is 13.1 Å². The van der Waals surface area contributed by atoms with Crippen LogP contribution in [0, 0.1) is 0 Å². The van der Waals surface area contributed by atoms with Gasteiger partial charge in [0.2, 0.25) is 5.78 Å². The highest BCUT2D eigenvalue weighted by molar-refractivity contribution is 6.55. The van der Waals surface area contributed by atoms with E-state index in [4.69, 9.17) is 11.6 Å². The summed E-state index contributed by atoms with van der Waals surface area (Å²) >= 11 is 6.06. The number of fused-ring (bicyclic) bond motifs is 1. The molecule has 4 nitrogen and oxygen atoms in total. The molecular formula is C21H19ClN2O2. The van der Waals surface area contributed by atoms with Crippen LogP contribution in [0.3, 0.4) is 0 Å². The average Bonchev–Trinajstić information content (AvgIpc) is 2.67. The number of nitrogens with zero attached hydrogens (tertiary/aromatic N) is 2. The quantitative estimate of drug-likeness (QED) is 0.794. The summed E-state index contributed by atoms with van der Waals surface area (Å²) in [6.07, 6.45) is 3.22. The zero-order valence-electron chi connectivity index (χ0n) is 14.3. The van der Waals surface area contributed by atoms with Gasteiger partial charge in [0.1, 0.15) is 11.8 Å². The molecule has 1 fully saturated rings. The number of hydrogen-bond donors (Lipinski definition) is 0. The second-order valence-corrected chi connectivity index (χ2v) is 7.15. The Kier molecular flexibility index (Phi) is 4.70. The molecule has 2 aromatic carbocycles. The Bertz CT molecular complexity index is 900. The molecule has 1 unspecified atom stereocenters. The van der Waals surface area contributed by atoms with Crippen LogP contribution in [0.15, 0.2) is 53.5 Å². The predicted molar refractivity (Wildman–Crippen MR) is 103 cm³/mol. The van der Waals surface area contributed by atoms with Crippen LogP contribution in [0.1, 0.15) is 40.0 Å². The molecule has 0 amide bonds. The van der Waals surface area contributed by atoms with Crippen molar-refractivity contribution in [3.8, 4) is 0 Å². The number of benzene rings is 2. The number of halogens is 1. The van der Waals surface area contributed by atoms with Gasteiger partial charge in [0.15, 0.2) is 5.78 Å². The molecule has 1 aliphatic heterocycles. The highest BCUT2D eigenvalue weighted by atomic mass is 35.5. The highest BCUT2D eigenvalue weighted by Gasteiger charge is 2.41. The minimum atomic E-state index is -0.614. The Morgan fingerprint density at radius 3 is 2.38 bits per heavy atom. The summed E-state index contributed by atoms with van der Waals surface area (Å²) in [6, 6.07) is 13.5. The summed E-state index contributed by atoms with van der Waals surface area (Å²) < 4.78 is 0. The van der Waals surface area contributed by atoms with Crippen LogP contribution in [-0.2, 0) is 0 Å². The van der Waals surface area contributed by atoms with Gasteiger partial charge < -0.3 is 0 Å². The van der Waals surface area contributed by atoms with Crippen LogP contribution >= 0.6 is 11.6 Å². The number of rotatable bonds is 2. The normalized spacial score (nSPS) is 22.5. The van der Waals surface area contributed by atoms with Gasteiger partial charge in [-0.3, -0.25) is 14.5 Å². The number of hydrogen-bond acceptors (Lipinski definition) is 4. The van der Waals surface area contributed by atoms with Crippen LogP contribution in [0.25, 0.3) is 0 Å². The zero-order chi connectivity index (χ0) is 18.1. The highest BCUT2D eigenvalue weighted by Crippen LogP contribution is 2.28. The monoisotopic (exact) mass is 366 g/mol. The van der Waals surface area contributed by atoms with Gasteiger partial charge in [0, 0.05) is 16.1 Å². The molecule has 1 saturated heterocycles. The van der Waals surface area contributed by atoms with Gasteiger partial charge in [-0.05, 0) is 44.1 Å². The molecule has 1 atom stereocenters. The van der Waals surface area contributed by atoms with Crippen LogP contribution in [0.2, 0.25) is 5.02 Å². The van der Waals surface area contributed by atoms with Gasteiger partial charge in [-0.15, -0.1) is 0 Å². The van der Waals surface area contributed by atoms with E-state index in [0.717, 1.165) is 32.4 Å². The summed E-state index contributed by atoms with van der Waals surface area (Å²) in [4.78, 5) is 33.1. The molecular weight excluding hydrogens is 348 g/mol. The van der Waals surface area contributed by atoms with Crippen molar-refractivity contribution < 1.29 is 9.59 Å². The zero-order valence-corrected chi connectivity index (χ0v) is 15.1. The third kappa shape index (κ3) is 3.11. The summed E-state index contributed by atoms with van der Waals surface area (Å²) in [7, 11) is 0. The van der Waals surface area contributed by atoms with Gasteiger partial charge in [-0.25, -0.2) is 4.99 Å². The van der Waals surface area contributed by atoms with Gasteiger partial charge in [-0.2, -0.15) is 0 Å². The molecule has 2 aromatic rings. The van der Waals surface area contributed by atoms with Crippen molar-refractivity contribution in [1.82, 2.24) is 4.90 Å². The van der Waals surface area contributed by atoms with Crippen molar-refractivity contribution in [2.24, 2.45) is 4.99 Å². The van der Waals surface area contributed by atoms with Crippen molar-refractivity contribution in [1.29, 1.82) is 0 Å². The molecule has 0 spiro atoms. The number of Topliss-reactive ketones (excluding diaryl/α,β-unsaturated/α-hetero) is 2. The largest absolute Gasteiger partial charge is 0.292 e. The van der Waals surface area contributed by atoms with Crippen molar-refractivity contribution >= 4 is 34.6 Å². The van der Waals surface area contributed by atoms with E-state index in [2.05, 4.69) is 9.89 Å². The second-order valence-electron chi connectivity index (χ2n) is 6.72. The Morgan fingerprint density at radius 1 is 0.923 bits per heavy atom. The molecule has 1 heterocycles. The van der Waals surface area contributed by atoms with Crippen LogP contribution in [0.4, 0.5) is 5.69 Å². The molecule has 26 heavy (non-hydrogen) atoms. The molecule has 0 saturated carbocycles. The van der Waals surface area contributed by atoms with Gasteiger partial charge >= 0.3 is 0 Å². The number of aliphatic imine (C=N–C) groups is 1. The van der Waals surface area contributed by atoms with E-state index in [1.54, 1.807) is 48.5 Å². The number of piperidine rings is 1. The lowest BCUT2D eigenvalue weighted by molar-refractivity contribution is 0.0831. The van der Waals surface area contributed by atoms with Crippen LogP contribution in [0.5, 0.6) is 0 Å². The van der Waals surface area contributed by atoms with Gasteiger partial charge in [0.25, 0.3) is 0 Å². The second kappa shape index (κ2) is 7.14. The van der Waals surface area contributed by atoms with Crippen LogP contribution < -0.4 is 0 Å². The van der Waals surface area contributed by atoms with Crippen molar-refractivity contribution in [2.45, 2.75) is 25.3 Å². The summed E-state index contributed by atoms with van der Waals surface area (Å²) in [5.41, 5.74) is 1.83. The Balaban J connectivity index is 1.84. The maximum atomic E-state index is 13.2. The lowest BCUT2D eigenvalue weighted by Gasteiger charge is -2.36. The molecule has 5 heteroatoms. The topological polar surface area (TPSA) is 49.7 Å². The van der Waals surface area contributed by atoms with Crippen molar-refractivity contribution in [3.05, 3.63) is 64.7 Å². The first-order valence-corrected chi connectivity index (χ1v) is 9.29. The molecule has 1 aliphatic carbocycles. The van der Waals surface area contributed by atoms with Crippen LogP contribution in [-0.4, -0.2) is 41.3 Å². The predicted octanol–water partition coefficient (Wildman–Crippen LogP) is 4.35. The molecule has 0 bridgehead atoms. The smallest absolute Gasteiger partial charge is 0.210 e. The molecule has 4 rings (SSSR count). The van der Waals surface area contributed by atoms with E-state index >= 15 is 0 Å². The lowest BCUT2D eigenvalue weighted by Crippen LogP contribution is -2.54. The van der Waals surface area contributed by atoms with E-state index in [1.165, 1.54) is 0 Å². The molecule has 2 aliphatic rings. The first-order valence-electron chi connectivity index (χ1n) is 8.91. The first kappa shape index (κ1) is 17.1. The third-order valence-electron chi connectivity index (χ3n) is 4.99. The maximum Gasteiger partial charge on any atom is 0.210 e. The molecule has 0 aromatic heterocycles. The number of likely N-dealkylation sites (tertiary alicyclic amines) is 1.